The Morgan fingerprint density at radius 3 is 2.68 bits per heavy atom. The van der Waals surface area contributed by atoms with Crippen LogP contribution in [0.25, 0.3) is 11.3 Å². The van der Waals surface area contributed by atoms with Gasteiger partial charge in [0.05, 0.1) is 6.20 Å². The SMILES string of the molecule is CC(=O)c1csc(Cn2ncc(N)n2)n1.Cc1nc(C(=O)O)c(-c2cccc(F)c2)o1. The number of thiazole rings is 1. The van der Waals surface area contributed by atoms with Crippen molar-refractivity contribution in [2.75, 3.05) is 5.73 Å². The average molecular weight is 444 g/mol. The van der Waals surface area contributed by atoms with E-state index >= 15 is 0 Å². The first-order chi connectivity index (χ1) is 14.7. The van der Waals surface area contributed by atoms with Gasteiger partial charge in [0.1, 0.15) is 23.1 Å². The Balaban J connectivity index is 0.000000176. The molecule has 0 aliphatic heterocycles. The van der Waals surface area contributed by atoms with Crippen LogP contribution in [0, 0.1) is 12.7 Å². The molecule has 0 aliphatic carbocycles. The number of nitrogens with zero attached hydrogens (tertiary/aromatic N) is 5. The lowest BCUT2D eigenvalue weighted by atomic mass is 10.1. The zero-order chi connectivity index (χ0) is 22.5. The monoisotopic (exact) mass is 444 g/mol. The van der Waals surface area contributed by atoms with Crippen molar-refractivity contribution in [1.29, 1.82) is 0 Å². The Labute approximate surface area is 179 Å². The maximum atomic E-state index is 13.0. The second-order valence-corrected chi connectivity index (χ2v) is 7.15. The number of rotatable bonds is 5. The highest BCUT2D eigenvalue weighted by molar-refractivity contribution is 7.09. The van der Waals surface area contributed by atoms with Crippen molar-refractivity contribution >= 4 is 28.9 Å². The zero-order valence-electron chi connectivity index (χ0n) is 16.4. The van der Waals surface area contributed by atoms with Gasteiger partial charge in [-0.2, -0.15) is 9.90 Å². The third-order valence-electron chi connectivity index (χ3n) is 3.77. The van der Waals surface area contributed by atoms with E-state index in [-0.39, 0.29) is 23.1 Å². The third-order valence-corrected chi connectivity index (χ3v) is 4.60. The molecule has 0 spiro atoms. The molecule has 3 heterocycles. The summed E-state index contributed by atoms with van der Waals surface area (Å²) in [6.07, 6.45) is 1.47. The summed E-state index contributed by atoms with van der Waals surface area (Å²) in [5, 5.41) is 19.3. The van der Waals surface area contributed by atoms with Crippen LogP contribution in [0.4, 0.5) is 10.2 Å². The second kappa shape index (κ2) is 9.26. The van der Waals surface area contributed by atoms with Gasteiger partial charge >= 0.3 is 5.97 Å². The number of Topliss-reactive ketones (excluding diaryl/α,β-unsaturated/α-hetero) is 1. The topological polar surface area (TPSA) is 150 Å². The third kappa shape index (κ3) is 5.57. The van der Waals surface area contributed by atoms with E-state index in [4.69, 9.17) is 15.3 Å². The summed E-state index contributed by atoms with van der Waals surface area (Å²) < 4.78 is 18.1. The van der Waals surface area contributed by atoms with Gasteiger partial charge in [-0.3, -0.25) is 4.79 Å². The fourth-order valence-electron chi connectivity index (χ4n) is 2.45. The molecule has 0 saturated heterocycles. The molecule has 0 fully saturated rings. The summed E-state index contributed by atoms with van der Waals surface area (Å²) in [7, 11) is 0. The molecule has 4 aromatic rings. The van der Waals surface area contributed by atoms with Gasteiger partial charge in [-0.15, -0.1) is 16.4 Å². The highest BCUT2D eigenvalue weighted by atomic mass is 32.1. The highest BCUT2D eigenvalue weighted by Crippen LogP contribution is 2.25. The predicted molar refractivity (Wildman–Crippen MR) is 109 cm³/mol. The van der Waals surface area contributed by atoms with Gasteiger partial charge in [-0.05, 0) is 12.1 Å². The summed E-state index contributed by atoms with van der Waals surface area (Å²) in [6.45, 7) is 3.47. The molecule has 12 heteroatoms. The van der Waals surface area contributed by atoms with Crippen LogP contribution in [-0.4, -0.2) is 41.8 Å². The summed E-state index contributed by atoms with van der Waals surface area (Å²) >= 11 is 1.41. The minimum Gasteiger partial charge on any atom is -0.476 e. The van der Waals surface area contributed by atoms with Crippen molar-refractivity contribution in [2.45, 2.75) is 20.4 Å². The Morgan fingerprint density at radius 1 is 1.32 bits per heavy atom. The molecule has 3 aromatic heterocycles. The van der Waals surface area contributed by atoms with E-state index in [1.165, 1.54) is 54.4 Å². The average Bonchev–Trinajstić information content (AvgIpc) is 3.43. The van der Waals surface area contributed by atoms with E-state index in [0.29, 0.717) is 23.6 Å². The molecule has 0 amide bonds. The Kier molecular flexibility index (Phi) is 6.50. The van der Waals surface area contributed by atoms with Crippen LogP contribution in [-0.2, 0) is 6.54 Å². The predicted octanol–water partition coefficient (Wildman–Crippen LogP) is 3.06. The number of halogens is 1. The number of anilines is 1. The number of oxazole rings is 1. The fraction of sp³-hybridized carbons (Fsp3) is 0.158. The fourth-order valence-corrected chi connectivity index (χ4v) is 3.26. The lowest BCUT2D eigenvalue weighted by Crippen LogP contribution is -2.04. The van der Waals surface area contributed by atoms with Crippen LogP contribution >= 0.6 is 11.3 Å². The maximum absolute atomic E-state index is 13.0. The van der Waals surface area contributed by atoms with E-state index < -0.39 is 11.8 Å². The molecule has 10 nitrogen and oxygen atoms in total. The molecule has 1 aromatic carbocycles. The highest BCUT2D eigenvalue weighted by Gasteiger charge is 2.19. The number of carbonyl (C=O) groups is 2. The molecule has 0 atom stereocenters. The molecule has 0 saturated carbocycles. The Hall–Kier alpha value is -3.93. The van der Waals surface area contributed by atoms with Gasteiger partial charge in [-0.1, -0.05) is 12.1 Å². The molecule has 0 radical (unpaired) electrons. The van der Waals surface area contributed by atoms with Crippen molar-refractivity contribution < 1.29 is 23.5 Å². The molecule has 160 valence electrons. The van der Waals surface area contributed by atoms with Crippen LogP contribution in [0.2, 0.25) is 0 Å². The van der Waals surface area contributed by atoms with Crippen molar-refractivity contribution in [3.63, 3.8) is 0 Å². The number of aromatic nitrogens is 5. The van der Waals surface area contributed by atoms with Crippen molar-refractivity contribution in [1.82, 2.24) is 25.0 Å². The number of hydrogen-bond donors (Lipinski definition) is 2. The number of carbonyl (C=O) groups excluding carboxylic acids is 1. The van der Waals surface area contributed by atoms with Gasteiger partial charge < -0.3 is 15.3 Å². The zero-order valence-corrected chi connectivity index (χ0v) is 17.3. The van der Waals surface area contributed by atoms with Gasteiger partial charge in [-0.25, -0.2) is 19.2 Å². The number of aryl methyl sites for hydroxylation is 1. The molecular weight excluding hydrogens is 427 g/mol. The van der Waals surface area contributed by atoms with Gasteiger partial charge in [0.25, 0.3) is 0 Å². The Morgan fingerprint density at radius 2 is 2.10 bits per heavy atom. The second-order valence-electron chi connectivity index (χ2n) is 6.21. The maximum Gasteiger partial charge on any atom is 0.358 e. The first-order valence-electron chi connectivity index (χ1n) is 8.80. The minimum atomic E-state index is -1.20. The minimum absolute atomic E-state index is 0.0366. The van der Waals surface area contributed by atoms with Crippen LogP contribution in [0.15, 0.2) is 40.3 Å². The summed E-state index contributed by atoms with van der Waals surface area (Å²) in [5.41, 5.74) is 6.06. The van der Waals surface area contributed by atoms with Gasteiger partial charge in [0.2, 0.25) is 0 Å². The summed E-state index contributed by atoms with van der Waals surface area (Å²) in [5.74, 6) is -1.01. The molecule has 0 aliphatic rings. The van der Waals surface area contributed by atoms with Crippen molar-refractivity contribution in [3.8, 4) is 11.3 Å². The number of nitrogens with two attached hydrogens (primary N) is 1. The number of benzene rings is 1. The normalized spacial score (nSPS) is 10.4. The van der Waals surface area contributed by atoms with Crippen LogP contribution in [0.5, 0.6) is 0 Å². The van der Waals surface area contributed by atoms with Crippen LogP contribution < -0.4 is 5.73 Å². The number of carboxylic acids is 1. The molecule has 3 N–H and O–H groups in total. The largest absolute Gasteiger partial charge is 0.476 e. The van der Waals surface area contributed by atoms with E-state index in [2.05, 4.69) is 20.2 Å². The lowest BCUT2D eigenvalue weighted by Gasteiger charge is -1.97. The van der Waals surface area contributed by atoms with E-state index in [0.717, 1.165) is 5.01 Å². The first kappa shape index (κ1) is 21.8. The summed E-state index contributed by atoms with van der Waals surface area (Å²) in [4.78, 5) is 31.2. The number of aromatic carboxylic acids is 1. The van der Waals surface area contributed by atoms with Crippen LogP contribution in [0.3, 0.4) is 0 Å². The number of nitrogen functional groups attached to an aromatic ring is 1. The molecular formula is C19H17FN6O4S. The summed E-state index contributed by atoms with van der Waals surface area (Å²) in [6, 6.07) is 5.52. The van der Waals surface area contributed by atoms with Gasteiger partial charge in [0.15, 0.2) is 28.9 Å². The van der Waals surface area contributed by atoms with Crippen molar-refractivity contribution in [2.24, 2.45) is 0 Å². The standard InChI is InChI=1S/C11H8FNO3.C8H9N5OS/c1-6-13-9(11(14)15)10(16-6)7-3-2-4-8(12)5-7;1-5(14)6-4-15-8(11-6)3-13-10-2-7(9)12-13/h2-5H,1H3,(H,14,15);2,4H,3H2,1H3,(H2,9,12). The lowest BCUT2D eigenvalue weighted by molar-refractivity contribution is 0.0691. The first-order valence-corrected chi connectivity index (χ1v) is 9.68. The molecule has 31 heavy (non-hydrogen) atoms. The van der Waals surface area contributed by atoms with Crippen molar-refractivity contribution in [3.05, 3.63) is 63.9 Å². The quantitative estimate of drug-likeness (QED) is 0.443. The molecule has 0 bridgehead atoms. The van der Waals surface area contributed by atoms with E-state index in [1.807, 2.05) is 0 Å². The van der Waals surface area contributed by atoms with Crippen LogP contribution in [0.1, 0.15) is 38.8 Å². The van der Waals surface area contributed by atoms with Gasteiger partial charge in [0, 0.05) is 24.8 Å². The Bertz CT molecular complexity index is 1230. The molecule has 4 rings (SSSR count). The smallest absolute Gasteiger partial charge is 0.358 e. The van der Waals surface area contributed by atoms with E-state index in [1.54, 1.807) is 11.4 Å². The number of hydrogen-bond acceptors (Lipinski definition) is 9. The molecule has 0 unspecified atom stereocenters. The number of ketones is 1. The number of carboxylic acid groups (broad SMARTS) is 1. The van der Waals surface area contributed by atoms with E-state index in [9.17, 15) is 14.0 Å².